The summed E-state index contributed by atoms with van der Waals surface area (Å²) in [7, 11) is -2.64. The second-order valence-corrected chi connectivity index (χ2v) is 24.4. The summed E-state index contributed by atoms with van der Waals surface area (Å²) in [6, 6.07) is 25.5. The van der Waals surface area contributed by atoms with Crippen LogP contribution in [-0.4, -0.2) is 109 Å². The molecule has 1 heterocycles. The molecule has 4 aliphatic rings. The van der Waals surface area contributed by atoms with E-state index in [-0.39, 0.29) is 35.3 Å². The standard InChI is InChI=1S/C53H65NO14Si/c1-10-69(11-2,12-3)68-38-28-39-52(30-63-39,67-33(6)56)44-46(66-48(60)36-26-20-15-21-27-36)53(62)29-37(31(4)40(50(53,7)8)43(64-32(5)55)45(58)51(38,44)9)65-49(61)42(57)41(34-22-16-13-17-23-34)54-47(59)35-24-18-14-19-25-35/h13-27,37-39,41-44,46,57,62H,10-12,28-30H2,1-9H3,(H,54,59)/t37-,38?,39+,41-,42+,43+,44?,46-,51+,52-,53+/m0/s1. The number of aliphatic hydroxyl groups excluding tert-OH is 1. The Labute approximate surface area is 404 Å². The summed E-state index contributed by atoms with van der Waals surface area (Å²) in [5.74, 6) is -6.29. The highest BCUT2D eigenvalue weighted by molar-refractivity contribution is 6.73. The fourth-order valence-electron chi connectivity index (χ4n) is 11.6. The van der Waals surface area contributed by atoms with Gasteiger partial charge in [0.1, 0.15) is 23.9 Å². The maximum Gasteiger partial charge on any atom is 0.338 e. The molecule has 1 saturated heterocycles. The normalized spacial score (nSPS) is 30.1. The van der Waals surface area contributed by atoms with E-state index < -0.39 is 121 Å². The molecule has 370 valence electrons. The molecule has 3 N–H and O–H groups in total. The second-order valence-electron chi connectivity index (χ2n) is 19.7. The van der Waals surface area contributed by atoms with Gasteiger partial charge in [-0.1, -0.05) is 101 Å². The molecular formula is C53H65NO14Si. The van der Waals surface area contributed by atoms with Crippen LogP contribution in [0.3, 0.4) is 0 Å². The Morgan fingerprint density at radius 3 is 1.90 bits per heavy atom. The minimum absolute atomic E-state index is 0.0777. The van der Waals surface area contributed by atoms with Gasteiger partial charge in [-0.3, -0.25) is 19.2 Å². The monoisotopic (exact) mass is 967 g/mol. The van der Waals surface area contributed by atoms with Gasteiger partial charge in [0.25, 0.3) is 5.91 Å². The Morgan fingerprint density at radius 1 is 0.812 bits per heavy atom. The quantitative estimate of drug-likeness (QED) is 0.0622. The molecule has 69 heavy (non-hydrogen) atoms. The van der Waals surface area contributed by atoms with E-state index >= 15 is 4.79 Å². The zero-order chi connectivity index (χ0) is 50.3. The Balaban J connectivity index is 1.44. The average Bonchev–Trinajstić information content (AvgIpc) is 3.33. The Hall–Kier alpha value is -5.52. The van der Waals surface area contributed by atoms with Gasteiger partial charge in [0.15, 0.2) is 31.9 Å². The van der Waals surface area contributed by atoms with Crippen molar-refractivity contribution in [2.24, 2.45) is 16.7 Å². The first-order chi connectivity index (χ1) is 32.6. The lowest BCUT2D eigenvalue weighted by Crippen LogP contribution is -2.82. The molecule has 2 bridgehead atoms. The van der Waals surface area contributed by atoms with Crippen molar-refractivity contribution in [2.45, 2.75) is 147 Å². The first-order valence-electron chi connectivity index (χ1n) is 23.8. The number of esters is 4. The van der Waals surface area contributed by atoms with Gasteiger partial charge < -0.3 is 43.6 Å². The molecule has 11 atom stereocenters. The van der Waals surface area contributed by atoms with Crippen molar-refractivity contribution in [1.82, 2.24) is 5.32 Å². The van der Waals surface area contributed by atoms with Gasteiger partial charge in [0, 0.05) is 37.7 Å². The number of benzene rings is 3. The van der Waals surface area contributed by atoms with E-state index in [2.05, 4.69) is 5.32 Å². The van der Waals surface area contributed by atoms with Gasteiger partial charge in [0.2, 0.25) is 0 Å². The largest absolute Gasteiger partial charge is 0.456 e. The van der Waals surface area contributed by atoms with Crippen LogP contribution in [0.4, 0.5) is 0 Å². The highest BCUT2D eigenvalue weighted by atomic mass is 28.4. The molecule has 3 aliphatic carbocycles. The van der Waals surface area contributed by atoms with Crippen LogP contribution in [0.1, 0.15) is 107 Å². The Bertz CT molecular complexity index is 2450. The summed E-state index contributed by atoms with van der Waals surface area (Å²) in [5.41, 5.74) is -6.44. The molecule has 7 rings (SSSR count). The molecule has 0 radical (unpaired) electrons. The molecule has 1 aliphatic heterocycles. The van der Waals surface area contributed by atoms with Gasteiger partial charge in [-0.15, -0.1) is 0 Å². The van der Waals surface area contributed by atoms with Gasteiger partial charge in [0.05, 0.1) is 35.6 Å². The molecule has 3 fully saturated rings. The van der Waals surface area contributed by atoms with Crippen LogP contribution < -0.4 is 5.32 Å². The molecule has 1 amide bonds. The number of amides is 1. The minimum Gasteiger partial charge on any atom is -0.456 e. The molecule has 15 nitrogen and oxygen atoms in total. The fourth-order valence-corrected chi connectivity index (χ4v) is 14.6. The molecule has 2 saturated carbocycles. The first-order valence-corrected chi connectivity index (χ1v) is 26.4. The summed E-state index contributed by atoms with van der Waals surface area (Å²) < 4.78 is 38.9. The number of carbonyl (C=O) groups is 6. The van der Waals surface area contributed by atoms with Gasteiger partial charge in [-0.05, 0) is 73.0 Å². The first kappa shape index (κ1) is 51.3. The zero-order valence-corrected chi connectivity index (χ0v) is 41.8. The fraction of sp³-hybridized carbons (Fsp3) is 0.509. The molecular weight excluding hydrogens is 903 g/mol. The number of Topliss-reactive ketones (excluding diaryl/α,β-unsaturated/α-hetero) is 1. The predicted molar refractivity (Wildman–Crippen MR) is 254 cm³/mol. The number of hydrogen-bond acceptors (Lipinski definition) is 14. The maximum atomic E-state index is 16.3. The number of fused-ring (bicyclic) bond motifs is 5. The lowest BCUT2D eigenvalue weighted by atomic mass is 9.44. The van der Waals surface area contributed by atoms with Crippen LogP contribution in [-0.2, 0) is 47.3 Å². The summed E-state index contributed by atoms with van der Waals surface area (Å²) in [4.78, 5) is 85.9. The van der Waals surface area contributed by atoms with E-state index in [1.54, 1.807) is 107 Å². The van der Waals surface area contributed by atoms with Crippen LogP contribution in [0.15, 0.2) is 102 Å². The maximum absolute atomic E-state index is 16.3. The van der Waals surface area contributed by atoms with Gasteiger partial charge in [-0.25, -0.2) is 9.59 Å². The number of rotatable bonds is 15. The molecule has 3 aromatic carbocycles. The molecule has 3 aromatic rings. The molecule has 0 aromatic heterocycles. The van der Waals surface area contributed by atoms with Crippen molar-refractivity contribution in [3.63, 3.8) is 0 Å². The summed E-state index contributed by atoms with van der Waals surface area (Å²) in [5, 5.41) is 28.8. The summed E-state index contributed by atoms with van der Waals surface area (Å²) >= 11 is 0. The third-order valence-electron chi connectivity index (χ3n) is 15.8. The molecule has 16 heteroatoms. The minimum atomic E-state index is -2.64. The van der Waals surface area contributed by atoms with Crippen LogP contribution >= 0.6 is 0 Å². The smallest absolute Gasteiger partial charge is 0.338 e. The predicted octanol–water partition coefficient (Wildman–Crippen LogP) is 6.77. The van der Waals surface area contributed by atoms with Crippen LogP contribution in [0.25, 0.3) is 0 Å². The van der Waals surface area contributed by atoms with Crippen LogP contribution in [0, 0.1) is 16.7 Å². The van der Waals surface area contributed by atoms with Gasteiger partial charge in [-0.2, -0.15) is 0 Å². The van der Waals surface area contributed by atoms with E-state index in [0.717, 1.165) is 6.92 Å². The average molecular weight is 968 g/mol. The van der Waals surface area contributed by atoms with E-state index in [9.17, 15) is 34.2 Å². The third-order valence-corrected chi connectivity index (χ3v) is 20.4. The number of ether oxygens (including phenoxy) is 5. The second kappa shape index (κ2) is 19.7. The number of nitrogens with one attached hydrogen (secondary N) is 1. The Morgan fingerprint density at radius 2 is 1.38 bits per heavy atom. The Kier molecular flexibility index (Phi) is 14.7. The van der Waals surface area contributed by atoms with Crippen molar-refractivity contribution < 1.29 is 67.1 Å². The van der Waals surface area contributed by atoms with Crippen molar-refractivity contribution >= 4 is 43.9 Å². The highest BCUT2D eigenvalue weighted by Gasteiger charge is 2.79. The third kappa shape index (κ3) is 8.98. The van der Waals surface area contributed by atoms with Crippen molar-refractivity contribution in [1.29, 1.82) is 0 Å². The number of ketones is 1. The van der Waals surface area contributed by atoms with Crippen molar-refractivity contribution in [3.05, 3.63) is 119 Å². The lowest BCUT2D eigenvalue weighted by molar-refractivity contribution is -0.344. The number of aliphatic hydroxyl groups is 2. The van der Waals surface area contributed by atoms with Crippen LogP contribution in [0.2, 0.25) is 18.1 Å². The van der Waals surface area contributed by atoms with E-state index in [1.165, 1.54) is 19.1 Å². The SMILES string of the molecule is CC[Si](CC)(CC)OC1C[C@H]2OC[C@@]2(OC(C)=O)C2[C@H](OC(=O)c3ccccc3)[C@]3(O)C[C@H](OC(=O)[C@H](O)[C@@H](NC(=O)c4ccccc4)c4ccccc4)C(C)=C([C@@H](OC(C)=O)C(=O)[C@]12C)C3(C)C. The van der Waals surface area contributed by atoms with Crippen LogP contribution in [0.5, 0.6) is 0 Å². The zero-order valence-electron chi connectivity index (χ0n) is 40.8. The summed E-state index contributed by atoms with van der Waals surface area (Å²) in [6.45, 7) is 14.8. The number of carbonyl (C=O) groups excluding carboxylic acids is 6. The van der Waals surface area contributed by atoms with E-state index in [4.69, 9.17) is 28.1 Å². The van der Waals surface area contributed by atoms with Crippen molar-refractivity contribution in [3.8, 4) is 0 Å². The summed E-state index contributed by atoms with van der Waals surface area (Å²) in [6.07, 6.45) is -9.27. The lowest BCUT2D eigenvalue weighted by Gasteiger charge is -2.68. The molecule has 0 spiro atoms. The van der Waals surface area contributed by atoms with E-state index in [0.29, 0.717) is 23.7 Å². The van der Waals surface area contributed by atoms with E-state index in [1.807, 2.05) is 20.8 Å². The topological polar surface area (TPSA) is 210 Å². The highest BCUT2D eigenvalue weighted by Crippen LogP contribution is 2.65. The van der Waals surface area contributed by atoms with Gasteiger partial charge >= 0.3 is 23.9 Å². The molecule has 2 unspecified atom stereocenters. The number of hydrogen-bond donors (Lipinski definition) is 3. The van der Waals surface area contributed by atoms with Crippen molar-refractivity contribution in [2.75, 3.05) is 6.61 Å².